The topological polar surface area (TPSA) is 75.7 Å². The zero-order chi connectivity index (χ0) is 21.1. The predicted molar refractivity (Wildman–Crippen MR) is 112 cm³/mol. The number of anilines is 1. The Kier molecular flexibility index (Phi) is 6.72. The minimum atomic E-state index is -3.32. The van der Waals surface area contributed by atoms with Gasteiger partial charge in [0, 0.05) is 7.05 Å². The molecule has 0 saturated carbocycles. The molecule has 0 aliphatic heterocycles. The van der Waals surface area contributed by atoms with Gasteiger partial charge in [0.2, 0.25) is 10.0 Å². The highest BCUT2D eigenvalue weighted by Crippen LogP contribution is 2.22. The lowest BCUT2D eigenvalue weighted by Gasteiger charge is -2.19. The number of carbonyl (C=O) groups is 1. The van der Waals surface area contributed by atoms with E-state index in [1.165, 1.54) is 22.5 Å². The van der Waals surface area contributed by atoms with E-state index in [-0.39, 0.29) is 18.6 Å². The summed E-state index contributed by atoms with van der Waals surface area (Å²) in [7, 11) is -1.83. The molecule has 0 aliphatic rings. The molecule has 2 rings (SSSR count). The van der Waals surface area contributed by atoms with Gasteiger partial charge in [0.1, 0.15) is 5.75 Å². The number of rotatable bonds is 7. The van der Waals surface area contributed by atoms with Crippen LogP contribution in [0.4, 0.5) is 5.69 Å². The Morgan fingerprint density at radius 1 is 1.07 bits per heavy atom. The molecule has 2 aromatic carbocycles. The average molecular weight is 405 g/mol. The Bertz CT molecular complexity index is 953. The molecule has 7 heteroatoms. The highest BCUT2D eigenvalue weighted by molar-refractivity contribution is 7.92. The van der Waals surface area contributed by atoms with Crippen molar-refractivity contribution in [1.29, 1.82) is 0 Å². The summed E-state index contributed by atoms with van der Waals surface area (Å²) < 4.78 is 29.8. The fourth-order valence-corrected chi connectivity index (χ4v) is 3.41. The van der Waals surface area contributed by atoms with Crippen LogP contribution in [0, 0.1) is 20.8 Å². The van der Waals surface area contributed by atoms with E-state index in [2.05, 4.69) is 31.3 Å². The summed E-state index contributed by atoms with van der Waals surface area (Å²) in [6.45, 7) is 8.00. The van der Waals surface area contributed by atoms with Gasteiger partial charge in [0.15, 0.2) is 6.61 Å². The van der Waals surface area contributed by atoms with E-state index in [0.717, 1.165) is 17.4 Å². The Morgan fingerprint density at radius 2 is 1.64 bits per heavy atom. The van der Waals surface area contributed by atoms with Crippen LogP contribution in [0.15, 0.2) is 36.4 Å². The average Bonchev–Trinajstić information content (AvgIpc) is 2.62. The number of hydrogen-bond donors (Lipinski definition) is 1. The summed E-state index contributed by atoms with van der Waals surface area (Å²) >= 11 is 0. The van der Waals surface area contributed by atoms with Crippen molar-refractivity contribution >= 4 is 21.6 Å². The molecule has 0 bridgehead atoms. The zero-order valence-electron chi connectivity index (χ0n) is 17.2. The minimum absolute atomic E-state index is 0.116. The number of sulfonamides is 1. The highest BCUT2D eigenvalue weighted by atomic mass is 32.2. The van der Waals surface area contributed by atoms with Crippen molar-refractivity contribution in [1.82, 2.24) is 5.32 Å². The second kappa shape index (κ2) is 8.65. The van der Waals surface area contributed by atoms with Gasteiger partial charge in [-0.1, -0.05) is 12.1 Å². The highest BCUT2D eigenvalue weighted by Gasteiger charge is 2.14. The van der Waals surface area contributed by atoms with Crippen molar-refractivity contribution in [2.24, 2.45) is 0 Å². The van der Waals surface area contributed by atoms with E-state index in [4.69, 9.17) is 4.74 Å². The summed E-state index contributed by atoms with van der Waals surface area (Å²) in [6, 6.07) is 10.7. The Labute approximate surface area is 167 Å². The first kappa shape index (κ1) is 21.8. The molecule has 0 aromatic heterocycles. The zero-order valence-corrected chi connectivity index (χ0v) is 18.1. The number of nitrogens with one attached hydrogen (secondary N) is 1. The molecular weight excluding hydrogens is 376 g/mol. The van der Waals surface area contributed by atoms with Crippen molar-refractivity contribution < 1.29 is 17.9 Å². The van der Waals surface area contributed by atoms with Crippen molar-refractivity contribution in [3.05, 3.63) is 58.7 Å². The van der Waals surface area contributed by atoms with Gasteiger partial charge < -0.3 is 10.1 Å². The molecular formula is C21H28N2O4S. The summed E-state index contributed by atoms with van der Waals surface area (Å²) in [5.41, 5.74) is 5.18. The van der Waals surface area contributed by atoms with Crippen molar-refractivity contribution in [2.45, 2.75) is 33.7 Å². The number of hydrogen-bond acceptors (Lipinski definition) is 4. The third-order valence-electron chi connectivity index (χ3n) is 4.79. The second-order valence-electron chi connectivity index (χ2n) is 7.10. The summed E-state index contributed by atoms with van der Waals surface area (Å²) in [6.07, 6.45) is 1.14. The van der Waals surface area contributed by atoms with E-state index in [9.17, 15) is 13.2 Å². The molecule has 1 amide bonds. The molecule has 0 fully saturated rings. The van der Waals surface area contributed by atoms with Gasteiger partial charge in [0.05, 0.1) is 18.0 Å². The molecule has 0 unspecified atom stereocenters. The molecule has 2 aromatic rings. The SMILES string of the molecule is Cc1cc(C)c([C@@H](C)NC(=O)COc2ccc(N(C)S(C)(=O)=O)cc2)cc1C. The lowest BCUT2D eigenvalue weighted by Crippen LogP contribution is -2.31. The van der Waals surface area contributed by atoms with Crippen molar-refractivity contribution in [3.63, 3.8) is 0 Å². The normalized spacial score (nSPS) is 12.4. The predicted octanol–water partition coefficient (Wildman–Crippen LogP) is 3.26. The number of carbonyl (C=O) groups excluding carboxylic acids is 1. The van der Waals surface area contributed by atoms with Crippen LogP contribution < -0.4 is 14.4 Å². The van der Waals surface area contributed by atoms with Gasteiger partial charge in [-0.3, -0.25) is 9.10 Å². The first-order valence-electron chi connectivity index (χ1n) is 9.03. The van der Waals surface area contributed by atoms with Crippen LogP contribution in [0.5, 0.6) is 5.75 Å². The van der Waals surface area contributed by atoms with Crippen LogP contribution in [0.3, 0.4) is 0 Å². The Morgan fingerprint density at radius 3 is 2.21 bits per heavy atom. The van der Waals surface area contributed by atoms with E-state index in [1.807, 2.05) is 13.8 Å². The minimum Gasteiger partial charge on any atom is -0.484 e. The van der Waals surface area contributed by atoms with Crippen LogP contribution in [0.1, 0.15) is 35.2 Å². The number of amides is 1. The number of aryl methyl sites for hydroxylation is 3. The quantitative estimate of drug-likeness (QED) is 0.769. The van der Waals surface area contributed by atoms with Crippen molar-refractivity contribution in [2.75, 3.05) is 24.2 Å². The molecule has 152 valence electrons. The number of benzene rings is 2. The van der Waals surface area contributed by atoms with Gasteiger partial charge in [-0.2, -0.15) is 0 Å². The lowest BCUT2D eigenvalue weighted by atomic mass is 9.96. The fraction of sp³-hybridized carbons (Fsp3) is 0.381. The van der Waals surface area contributed by atoms with Gasteiger partial charge in [0.25, 0.3) is 5.91 Å². The Balaban J connectivity index is 1.94. The van der Waals surface area contributed by atoms with E-state index >= 15 is 0 Å². The second-order valence-corrected chi connectivity index (χ2v) is 9.11. The summed E-state index contributed by atoms with van der Waals surface area (Å²) in [4.78, 5) is 12.2. The van der Waals surface area contributed by atoms with Crippen LogP contribution >= 0.6 is 0 Å². The van der Waals surface area contributed by atoms with Gasteiger partial charge in [-0.25, -0.2) is 8.42 Å². The molecule has 1 N–H and O–H groups in total. The smallest absolute Gasteiger partial charge is 0.258 e. The molecule has 0 radical (unpaired) electrons. The van der Waals surface area contributed by atoms with Gasteiger partial charge >= 0.3 is 0 Å². The van der Waals surface area contributed by atoms with Crippen LogP contribution in [0.2, 0.25) is 0 Å². The molecule has 0 spiro atoms. The van der Waals surface area contributed by atoms with E-state index < -0.39 is 10.0 Å². The summed E-state index contributed by atoms with van der Waals surface area (Å²) in [5, 5.41) is 2.95. The number of ether oxygens (including phenoxy) is 1. The summed E-state index contributed by atoms with van der Waals surface area (Å²) in [5.74, 6) is 0.276. The monoisotopic (exact) mass is 404 g/mol. The van der Waals surface area contributed by atoms with E-state index in [0.29, 0.717) is 11.4 Å². The number of nitrogens with zero attached hydrogens (tertiary/aromatic N) is 1. The first-order chi connectivity index (χ1) is 13.0. The maximum Gasteiger partial charge on any atom is 0.258 e. The first-order valence-corrected chi connectivity index (χ1v) is 10.9. The third kappa shape index (κ3) is 5.48. The van der Waals surface area contributed by atoms with Crippen LogP contribution in [-0.4, -0.2) is 34.2 Å². The molecule has 6 nitrogen and oxygen atoms in total. The third-order valence-corrected chi connectivity index (χ3v) is 6.00. The largest absolute Gasteiger partial charge is 0.484 e. The molecule has 1 atom stereocenters. The molecule has 0 heterocycles. The molecule has 0 aliphatic carbocycles. The standard InChI is InChI=1S/C21H28N2O4S/c1-14-11-16(3)20(12-15(14)2)17(4)22-21(24)13-27-19-9-7-18(8-10-19)23(5)28(6,25)26/h7-12,17H,13H2,1-6H3,(H,22,24)/t17-/m1/s1. The maximum atomic E-state index is 12.2. The molecule has 28 heavy (non-hydrogen) atoms. The van der Waals surface area contributed by atoms with Crippen LogP contribution in [0.25, 0.3) is 0 Å². The maximum absolute atomic E-state index is 12.2. The fourth-order valence-electron chi connectivity index (χ4n) is 2.90. The molecule has 0 saturated heterocycles. The Hall–Kier alpha value is -2.54. The van der Waals surface area contributed by atoms with Crippen LogP contribution in [-0.2, 0) is 14.8 Å². The lowest BCUT2D eigenvalue weighted by molar-refractivity contribution is -0.123. The van der Waals surface area contributed by atoms with Crippen molar-refractivity contribution in [3.8, 4) is 5.75 Å². The van der Waals surface area contributed by atoms with Gasteiger partial charge in [-0.15, -0.1) is 0 Å². The van der Waals surface area contributed by atoms with E-state index in [1.54, 1.807) is 24.3 Å². The van der Waals surface area contributed by atoms with Gasteiger partial charge in [-0.05, 0) is 74.2 Å².